The van der Waals surface area contributed by atoms with Crippen LogP contribution in [0, 0.1) is 0 Å². The van der Waals surface area contributed by atoms with Crippen LogP contribution in [0.5, 0.6) is 11.5 Å². The summed E-state index contributed by atoms with van der Waals surface area (Å²) in [6.45, 7) is 2.09. The number of hydrogen-bond donors (Lipinski definition) is 1. The maximum atomic E-state index is 5.99. The van der Waals surface area contributed by atoms with Crippen molar-refractivity contribution >= 4 is 5.57 Å². The number of fused-ring (bicyclic) bond motifs is 2. The molecule has 2 aliphatic heterocycles. The van der Waals surface area contributed by atoms with Gasteiger partial charge in [-0.1, -0.05) is 23.8 Å². The summed E-state index contributed by atoms with van der Waals surface area (Å²) < 4.78 is 5.99. The van der Waals surface area contributed by atoms with Gasteiger partial charge in [0.2, 0.25) is 0 Å². The summed E-state index contributed by atoms with van der Waals surface area (Å²) >= 11 is 0. The topological polar surface area (TPSA) is 34.1 Å². The fourth-order valence-corrected chi connectivity index (χ4v) is 3.01. The van der Waals surface area contributed by atoms with Crippen molar-refractivity contribution in [2.75, 3.05) is 13.1 Å². The van der Waals surface area contributed by atoms with Crippen molar-refractivity contribution in [1.82, 2.24) is 10.3 Å². The van der Waals surface area contributed by atoms with Gasteiger partial charge >= 0.3 is 0 Å². The van der Waals surface area contributed by atoms with Crippen molar-refractivity contribution < 1.29 is 4.74 Å². The molecule has 100 valence electrons. The van der Waals surface area contributed by atoms with Gasteiger partial charge < -0.3 is 10.1 Å². The van der Waals surface area contributed by atoms with Crippen LogP contribution in [0.15, 0.2) is 48.2 Å². The highest BCUT2D eigenvalue weighted by Gasteiger charge is 2.25. The van der Waals surface area contributed by atoms with E-state index in [4.69, 9.17) is 4.74 Å². The van der Waals surface area contributed by atoms with E-state index in [0.29, 0.717) is 0 Å². The van der Waals surface area contributed by atoms with E-state index in [1.807, 2.05) is 30.5 Å². The second-order valence-electron chi connectivity index (χ2n) is 5.18. The maximum absolute atomic E-state index is 5.99. The molecule has 1 aromatic carbocycles. The number of rotatable bonds is 0. The fraction of sp³-hybridized carbons (Fsp3) is 0.235. The quantitative estimate of drug-likeness (QED) is 0.676. The third kappa shape index (κ3) is 1.82. The summed E-state index contributed by atoms with van der Waals surface area (Å²) in [5.41, 5.74) is 4.93. The lowest BCUT2D eigenvalue weighted by molar-refractivity contribution is 0.470. The van der Waals surface area contributed by atoms with Gasteiger partial charge in [0.15, 0.2) is 5.75 Å². The molecule has 1 saturated heterocycles. The minimum Gasteiger partial charge on any atom is -0.454 e. The third-order valence-electron chi connectivity index (χ3n) is 3.94. The molecule has 20 heavy (non-hydrogen) atoms. The highest BCUT2D eigenvalue weighted by Crippen LogP contribution is 2.44. The Bertz CT molecular complexity index is 635. The highest BCUT2D eigenvalue weighted by molar-refractivity contribution is 5.88. The lowest BCUT2D eigenvalue weighted by Crippen LogP contribution is -2.24. The smallest absolute Gasteiger partial charge is 0.153 e. The van der Waals surface area contributed by atoms with E-state index in [2.05, 4.69) is 22.4 Å². The van der Waals surface area contributed by atoms with E-state index < -0.39 is 0 Å². The number of benzene rings is 1. The second-order valence-corrected chi connectivity index (χ2v) is 5.18. The number of aromatic nitrogens is 1. The first-order valence-corrected chi connectivity index (χ1v) is 7.09. The number of hydrogen-bond acceptors (Lipinski definition) is 3. The third-order valence-corrected chi connectivity index (χ3v) is 3.94. The van der Waals surface area contributed by atoms with Gasteiger partial charge in [-0.3, -0.25) is 4.98 Å². The Balaban J connectivity index is 1.97. The summed E-state index contributed by atoms with van der Waals surface area (Å²) in [6, 6.07) is 12.2. The van der Waals surface area contributed by atoms with Crippen LogP contribution in [-0.4, -0.2) is 18.1 Å². The van der Waals surface area contributed by atoms with E-state index in [1.54, 1.807) is 0 Å². The van der Waals surface area contributed by atoms with Crippen LogP contribution in [0.1, 0.15) is 24.1 Å². The van der Waals surface area contributed by atoms with Crippen LogP contribution >= 0.6 is 0 Å². The van der Waals surface area contributed by atoms with Crippen molar-refractivity contribution in [3.8, 4) is 11.5 Å². The Labute approximate surface area is 118 Å². The number of para-hydroxylation sites is 1. The first kappa shape index (κ1) is 11.7. The largest absolute Gasteiger partial charge is 0.454 e. The Morgan fingerprint density at radius 3 is 2.65 bits per heavy atom. The van der Waals surface area contributed by atoms with Crippen molar-refractivity contribution in [3.05, 3.63) is 59.4 Å². The standard InChI is InChI=1S/C17H16N2O/c1-2-5-14-13(4-1)16(12-7-10-18-11-8-12)17-15(20-14)6-3-9-19-17/h1-6,9,18H,7-8,10-11H2. The van der Waals surface area contributed by atoms with Gasteiger partial charge in [-0.25, -0.2) is 0 Å². The molecule has 1 aromatic heterocycles. The second kappa shape index (κ2) is 4.76. The normalized spacial score (nSPS) is 17.2. The predicted molar refractivity (Wildman–Crippen MR) is 78.9 cm³/mol. The van der Waals surface area contributed by atoms with Crippen LogP contribution in [0.2, 0.25) is 0 Å². The Morgan fingerprint density at radius 2 is 1.75 bits per heavy atom. The van der Waals surface area contributed by atoms with Gasteiger partial charge in [-0.2, -0.15) is 0 Å². The Kier molecular flexibility index (Phi) is 2.78. The molecule has 0 saturated carbocycles. The average Bonchev–Trinajstić information content (AvgIpc) is 2.53. The average molecular weight is 264 g/mol. The maximum Gasteiger partial charge on any atom is 0.153 e. The molecule has 1 fully saturated rings. The number of piperidine rings is 1. The van der Waals surface area contributed by atoms with Gasteiger partial charge in [0.1, 0.15) is 11.4 Å². The summed E-state index contributed by atoms with van der Waals surface area (Å²) in [6.07, 6.45) is 4.01. The number of pyridine rings is 1. The highest BCUT2D eigenvalue weighted by atomic mass is 16.5. The molecule has 1 N–H and O–H groups in total. The van der Waals surface area contributed by atoms with Gasteiger partial charge in [0.05, 0.1) is 0 Å². The van der Waals surface area contributed by atoms with Crippen LogP contribution in [0.25, 0.3) is 5.57 Å². The van der Waals surface area contributed by atoms with Gasteiger partial charge in [-0.05, 0) is 44.1 Å². The fourth-order valence-electron chi connectivity index (χ4n) is 3.01. The summed E-state index contributed by atoms with van der Waals surface area (Å²) in [5.74, 6) is 1.81. The molecule has 0 spiro atoms. The monoisotopic (exact) mass is 264 g/mol. The zero-order valence-corrected chi connectivity index (χ0v) is 11.2. The molecule has 0 bridgehead atoms. The molecule has 4 rings (SSSR count). The summed E-state index contributed by atoms with van der Waals surface area (Å²) in [5, 5.41) is 3.42. The van der Waals surface area contributed by atoms with Gasteiger partial charge in [0, 0.05) is 17.3 Å². The van der Waals surface area contributed by atoms with Crippen molar-refractivity contribution in [3.63, 3.8) is 0 Å². The molecule has 2 aliphatic rings. The molecule has 3 nitrogen and oxygen atoms in total. The molecule has 0 radical (unpaired) electrons. The van der Waals surface area contributed by atoms with Crippen LogP contribution in [0.4, 0.5) is 0 Å². The number of nitrogens with one attached hydrogen (secondary N) is 1. The van der Waals surface area contributed by atoms with Crippen molar-refractivity contribution in [2.24, 2.45) is 0 Å². The first-order valence-electron chi connectivity index (χ1n) is 7.09. The molecule has 0 unspecified atom stereocenters. The van der Waals surface area contributed by atoms with Crippen LogP contribution in [0.3, 0.4) is 0 Å². The number of ether oxygens (including phenoxy) is 1. The zero-order valence-electron chi connectivity index (χ0n) is 11.2. The lowest BCUT2D eigenvalue weighted by Gasteiger charge is -2.26. The molecular formula is C17H16N2O. The molecule has 3 heteroatoms. The zero-order chi connectivity index (χ0) is 13.4. The lowest BCUT2D eigenvalue weighted by atomic mass is 9.89. The van der Waals surface area contributed by atoms with Crippen molar-refractivity contribution in [2.45, 2.75) is 12.8 Å². The summed E-state index contributed by atoms with van der Waals surface area (Å²) in [7, 11) is 0. The molecule has 2 aromatic rings. The first-order chi connectivity index (χ1) is 9.93. The van der Waals surface area contributed by atoms with Gasteiger partial charge in [-0.15, -0.1) is 0 Å². The Morgan fingerprint density at radius 1 is 0.950 bits per heavy atom. The predicted octanol–water partition coefficient (Wildman–Crippen LogP) is 3.37. The minimum atomic E-state index is 0.868. The van der Waals surface area contributed by atoms with Gasteiger partial charge in [0.25, 0.3) is 0 Å². The van der Waals surface area contributed by atoms with Crippen LogP contribution in [-0.2, 0) is 0 Å². The van der Waals surface area contributed by atoms with E-state index in [-0.39, 0.29) is 0 Å². The molecular weight excluding hydrogens is 248 g/mol. The Hall–Kier alpha value is -2.13. The van der Waals surface area contributed by atoms with Crippen molar-refractivity contribution in [1.29, 1.82) is 0 Å². The molecule has 0 amide bonds. The summed E-state index contributed by atoms with van der Waals surface area (Å²) in [4.78, 5) is 4.57. The van der Waals surface area contributed by atoms with Crippen LogP contribution < -0.4 is 10.1 Å². The number of nitrogens with zero attached hydrogens (tertiary/aromatic N) is 1. The van der Waals surface area contributed by atoms with E-state index in [9.17, 15) is 0 Å². The molecule has 0 atom stereocenters. The van der Waals surface area contributed by atoms with E-state index in [0.717, 1.165) is 43.1 Å². The van der Waals surface area contributed by atoms with E-state index in [1.165, 1.54) is 16.7 Å². The SMILES string of the molecule is c1ccc2c(c1)Oc1cccnc1C2=C1CCNCC1. The molecule has 3 heterocycles. The van der Waals surface area contributed by atoms with E-state index >= 15 is 0 Å². The molecule has 0 aliphatic carbocycles. The minimum absolute atomic E-state index is 0.868.